The van der Waals surface area contributed by atoms with Gasteiger partial charge in [-0.25, -0.2) is 0 Å². The fraction of sp³-hybridized carbons (Fsp3) is 0.206. The van der Waals surface area contributed by atoms with Gasteiger partial charge in [-0.1, -0.05) is 13.8 Å². The Morgan fingerprint density at radius 3 is 1.73 bits per heavy atom. The number of rotatable bonds is 9. The first kappa shape index (κ1) is 53.9. The van der Waals surface area contributed by atoms with Gasteiger partial charge < -0.3 is 0 Å². The van der Waals surface area contributed by atoms with Crippen molar-refractivity contribution in [3.63, 3.8) is 0 Å². The van der Waals surface area contributed by atoms with Gasteiger partial charge in [0.15, 0.2) is 0 Å². The van der Waals surface area contributed by atoms with Crippen molar-refractivity contribution in [3.8, 4) is 55.6 Å². The van der Waals surface area contributed by atoms with Crippen LogP contribution in [-0.2, 0) is 6.42 Å². The molecule has 71 heavy (non-hydrogen) atoms. The minimum atomic E-state index is -3.01. The molecule has 1 N–H and O–H groups in total. The Morgan fingerprint density at radius 1 is 0.577 bits per heavy atom. The number of allylic oxidation sites excluding steroid dienone is 9. The fourth-order valence-electron chi connectivity index (χ4n) is 10.6. The van der Waals surface area contributed by atoms with Crippen LogP contribution in [0, 0.1) is 26.5 Å². The van der Waals surface area contributed by atoms with Gasteiger partial charge in [0.2, 0.25) is 0 Å². The first-order valence-electron chi connectivity index (χ1n) is 25.3. The molecule has 1 nitrogen and oxygen atoms in total. The predicted octanol–water partition coefficient (Wildman–Crippen LogP) is 15.6. The second kappa shape index (κ2) is 23.8. The first-order chi connectivity index (χ1) is 33.9. The second-order valence-electron chi connectivity index (χ2n) is 19.2. The zero-order chi connectivity index (χ0) is 49.7. The molecule has 1 heterocycles. The van der Waals surface area contributed by atoms with Crippen molar-refractivity contribution < 1.29 is 51.4 Å². The monoisotopic (exact) mass is 1020 g/mol. The van der Waals surface area contributed by atoms with E-state index in [2.05, 4.69) is 223 Å². The molecule has 2 atom stereocenters. The van der Waals surface area contributed by atoms with Gasteiger partial charge in [-0.15, -0.1) is 0 Å². The number of aryl methyl sites for hydroxylation is 3. The fourth-order valence-corrected chi connectivity index (χ4v) is 15.0. The van der Waals surface area contributed by atoms with Gasteiger partial charge in [-0.3, -0.25) is 0 Å². The summed E-state index contributed by atoms with van der Waals surface area (Å²) in [6.45, 7) is 21.8. The van der Waals surface area contributed by atoms with E-state index in [1.54, 1.807) is 0 Å². The van der Waals surface area contributed by atoms with Gasteiger partial charge in [-0.2, -0.15) is 0 Å². The molecule has 0 spiro atoms. The predicted molar refractivity (Wildman–Crippen MR) is 312 cm³/mol. The quantitative estimate of drug-likeness (QED) is 0.0863. The molecule has 4 bridgehead atoms. The molecule has 0 radical (unpaired) electrons. The number of hydrogen-bond donors (Lipinski definition) is 1. The Hall–Kier alpha value is -4.90. The van der Waals surface area contributed by atoms with Crippen molar-refractivity contribution in [2.45, 2.75) is 86.3 Å². The molecule has 9 rings (SSSR count). The van der Waals surface area contributed by atoms with Crippen LogP contribution in [0.15, 0.2) is 192 Å². The number of nitrogens with one attached hydrogen (secondary N) is 1. The van der Waals surface area contributed by atoms with E-state index in [4.69, 9.17) is 5.71 Å². The maximum Gasteiger partial charge on any atom is 1.00 e. The number of fused-ring (bicyclic) bond motifs is 7. The van der Waals surface area contributed by atoms with E-state index >= 15 is 0 Å². The average molecular weight is 1020 g/mol. The number of benzene rings is 7. The molecule has 0 saturated heterocycles. The Labute approximate surface area is 472 Å². The van der Waals surface area contributed by atoms with Crippen LogP contribution >= 0.6 is 0 Å². The summed E-state index contributed by atoms with van der Waals surface area (Å²) >= 11 is -3.01. The molecule has 0 aromatic heterocycles. The van der Waals surface area contributed by atoms with Gasteiger partial charge in [0, 0.05) is 7.05 Å². The Kier molecular flexibility index (Phi) is 18.0. The molecule has 2 aliphatic rings. The Morgan fingerprint density at radius 2 is 1.11 bits per heavy atom. The third kappa shape index (κ3) is 11.1. The van der Waals surface area contributed by atoms with Crippen LogP contribution in [0.1, 0.15) is 97.9 Å². The summed E-state index contributed by atoms with van der Waals surface area (Å²) in [7, 11) is 2.01. The maximum atomic E-state index is 5.27. The van der Waals surface area contributed by atoms with Crippen LogP contribution in [0.5, 0.6) is 0 Å². The third-order valence-electron chi connectivity index (χ3n) is 14.9. The molecule has 2 unspecified atom stereocenters. The van der Waals surface area contributed by atoms with E-state index in [-0.39, 0.29) is 57.3 Å². The molecule has 0 amide bonds. The molecule has 0 saturated carbocycles. The Bertz CT molecular complexity index is 3310. The standard InChI is InChI=1S/C66H65AsN.C2H6.K/c1-11-12-13-23-53-38-51-37-49(34-31-43(51)2)57-26-17-20-29-60(57)64-40-52(48(7)67(53,8)9)41-65(66(64)47(6)56-25-16-19-28-59(56)63-42-54(68-10)36-33-46(63)5)61-30-21-18-27-58(61)50-35-32-45(4)62(39-50)55-24-15-14-22-44(55)3;1-2;/h11-13,16-37,39-42,47,68H,1,8,14-15,38H2,2-7,9-10H3;1-2H3;/q-1;;+1/b13-12-,53-23+;;. The first-order valence-corrected chi connectivity index (χ1v) is 30.3. The van der Waals surface area contributed by atoms with Crippen molar-refractivity contribution in [2.75, 3.05) is 12.4 Å². The van der Waals surface area contributed by atoms with Crippen LogP contribution in [0.2, 0.25) is 5.71 Å². The number of anilines is 1. The average Bonchev–Trinajstić information content (AvgIpc) is 3.39. The van der Waals surface area contributed by atoms with Gasteiger partial charge in [-0.05, 0) is 6.42 Å². The molecule has 1 aliphatic carbocycles. The summed E-state index contributed by atoms with van der Waals surface area (Å²) in [5.41, 5.74) is 34.4. The molecule has 1 aliphatic heterocycles. The molecule has 354 valence electrons. The van der Waals surface area contributed by atoms with Crippen LogP contribution < -0.4 is 56.7 Å². The van der Waals surface area contributed by atoms with Gasteiger partial charge in [0.05, 0.1) is 0 Å². The second-order valence-corrected chi connectivity index (χ2v) is 26.8. The third-order valence-corrected chi connectivity index (χ3v) is 21.8. The van der Waals surface area contributed by atoms with Gasteiger partial charge >= 0.3 is 450 Å². The summed E-state index contributed by atoms with van der Waals surface area (Å²) in [5, 5.41) is 3.42. The summed E-state index contributed by atoms with van der Waals surface area (Å²) in [5.74, 6) is -0.00894. The van der Waals surface area contributed by atoms with Crippen molar-refractivity contribution in [1.29, 1.82) is 0 Å². The summed E-state index contributed by atoms with van der Waals surface area (Å²) in [4.78, 5) is 0. The van der Waals surface area contributed by atoms with Crippen molar-refractivity contribution in [2.24, 2.45) is 0 Å². The van der Waals surface area contributed by atoms with Gasteiger partial charge in [0.25, 0.3) is 0 Å². The minimum Gasteiger partial charge on any atom is -0.0683 e. The normalized spacial score (nSPS) is 16.3. The summed E-state index contributed by atoms with van der Waals surface area (Å²) in [6.07, 6.45) is 16.3. The van der Waals surface area contributed by atoms with E-state index in [9.17, 15) is 0 Å². The van der Waals surface area contributed by atoms with E-state index in [1.807, 2.05) is 33.0 Å². The van der Waals surface area contributed by atoms with Crippen molar-refractivity contribution in [3.05, 3.63) is 243 Å². The topological polar surface area (TPSA) is 12.0 Å². The van der Waals surface area contributed by atoms with Crippen LogP contribution in [-0.4, -0.2) is 24.5 Å². The van der Waals surface area contributed by atoms with Crippen LogP contribution in [0.25, 0.3) is 61.2 Å². The molecular formula is C68H71AsKN. The SMILES string of the molecule is C=C/C=C\C=C1/Cc2cc(ccc2C)-c2ccccc2-c2cc(cc(-c3ccccc3-c3ccc(C)c(C4=CCCC=C4C)c3)c2C(C)c2ccccc2-c2cc(NC)ccc2C)C(C)=[As]1([CH2-])C.CC.[K+]. The Balaban J connectivity index is 0.00000244. The van der Waals surface area contributed by atoms with Gasteiger partial charge in [0.1, 0.15) is 0 Å². The van der Waals surface area contributed by atoms with E-state index in [0.717, 1.165) is 24.9 Å². The van der Waals surface area contributed by atoms with Crippen molar-refractivity contribution in [1.82, 2.24) is 0 Å². The molecule has 7 aromatic carbocycles. The number of hydrogen-bond acceptors (Lipinski definition) is 1. The molecule has 7 aromatic rings. The molecular weight excluding hydrogens is 945 g/mol. The smallest absolute Gasteiger partial charge is 0.0683 e. The van der Waals surface area contributed by atoms with Crippen molar-refractivity contribution >= 4 is 28.7 Å². The molecule has 0 fully saturated rings. The van der Waals surface area contributed by atoms with Crippen LogP contribution in [0.4, 0.5) is 5.69 Å². The van der Waals surface area contributed by atoms with Crippen LogP contribution in [0.3, 0.4) is 0 Å². The minimum absolute atomic E-state index is 0. The van der Waals surface area contributed by atoms with E-state index in [1.165, 1.54) is 120 Å². The largest absolute Gasteiger partial charge is 1.00 e. The van der Waals surface area contributed by atoms with E-state index < -0.39 is 13.1 Å². The maximum absolute atomic E-state index is 5.27. The summed E-state index contributed by atoms with van der Waals surface area (Å²) in [6, 6.07) is 53.4. The summed E-state index contributed by atoms with van der Waals surface area (Å²) < 4.78 is 2.83. The zero-order valence-electron chi connectivity index (χ0n) is 44.3. The molecule has 3 heteroatoms. The zero-order valence-corrected chi connectivity index (χ0v) is 49.3. The van der Waals surface area contributed by atoms with E-state index in [0.29, 0.717) is 0 Å².